The Labute approximate surface area is 106 Å². The zero-order chi connectivity index (χ0) is 12.8. The van der Waals surface area contributed by atoms with E-state index in [0.29, 0.717) is 18.8 Å². The van der Waals surface area contributed by atoms with E-state index in [-0.39, 0.29) is 23.7 Å². The molecule has 2 atom stereocenters. The summed E-state index contributed by atoms with van der Waals surface area (Å²) in [6.45, 7) is 0.667. The molecule has 0 spiro atoms. The van der Waals surface area contributed by atoms with Gasteiger partial charge in [-0.15, -0.1) is 0 Å². The number of rotatable bonds is 3. The zero-order valence-electron chi connectivity index (χ0n) is 9.87. The second-order valence-corrected chi connectivity index (χ2v) is 6.74. The number of nitrogens with zero attached hydrogens (tertiary/aromatic N) is 1. The lowest BCUT2D eigenvalue weighted by atomic mass is 10.2. The molecule has 0 amide bonds. The molecule has 6 nitrogen and oxygen atoms in total. The third-order valence-electron chi connectivity index (χ3n) is 3.53. The number of aliphatic hydroxyl groups excluding tert-OH is 1. The van der Waals surface area contributed by atoms with Crippen LogP contribution < -0.4 is 0 Å². The van der Waals surface area contributed by atoms with E-state index in [1.807, 2.05) is 0 Å². The average molecular weight is 272 g/mol. The Morgan fingerprint density at radius 2 is 2.06 bits per heavy atom. The van der Waals surface area contributed by atoms with Crippen LogP contribution in [0.4, 0.5) is 0 Å². The molecule has 0 aliphatic carbocycles. The van der Waals surface area contributed by atoms with Crippen LogP contribution in [-0.4, -0.2) is 48.1 Å². The van der Waals surface area contributed by atoms with Gasteiger partial charge in [-0.25, -0.2) is 8.42 Å². The van der Waals surface area contributed by atoms with Gasteiger partial charge in [0, 0.05) is 25.0 Å². The van der Waals surface area contributed by atoms with E-state index in [4.69, 9.17) is 9.84 Å². The zero-order valence-corrected chi connectivity index (χ0v) is 10.7. The molecular formula is C11H16N2O4S. The molecule has 2 aliphatic heterocycles. The summed E-state index contributed by atoms with van der Waals surface area (Å²) in [4.78, 5) is 2.97. The number of ether oxygens (including phenoxy) is 1. The van der Waals surface area contributed by atoms with Crippen LogP contribution in [0.25, 0.3) is 0 Å². The second kappa shape index (κ2) is 4.34. The fraction of sp³-hybridized carbons (Fsp3) is 0.636. The lowest BCUT2D eigenvalue weighted by Crippen LogP contribution is -2.45. The highest BCUT2D eigenvalue weighted by atomic mass is 32.2. The normalized spacial score (nSPS) is 28.7. The van der Waals surface area contributed by atoms with Crippen molar-refractivity contribution in [1.82, 2.24) is 9.29 Å². The van der Waals surface area contributed by atoms with Crippen molar-refractivity contribution in [2.45, 2.75) is 36.6 Å². The number of sulfonamides is 1. The van der Waals surface area contributed by atoms with Gasteiger partial charge in [0.05, 0.1) is 23.7 Å². The summed E-state index contributed by atoms with van der Waals surface area (Å²) >= 11 is 0. The molecule has 1 aromatic heterocycles. The number of morpholine rings is 1. The third-order valence-corrected chi connectivity index (χ3v) is 5.34. The van der Waals surface area contributed by atoms with E-state index in [1.54, 1.807) is 0 Å². The molecule has 2 bridgehead atoms. The molecule has 2 fully saturated rings. The van der Waals surface area contributed by atoms with Crippen molar-refractivity contribution < 1.29 is 18.3 Å². The Hall–Kier alpha value is -0.890. The number of hydrogen-bond acceptors (Lipinski definition) is 4. The standard InChI is InChI=1S/C11H16N2O4S/c14-7-8-3-11(4-12-8)18(15,16)13-5-9-1-2-10(6-13)17-9/h3-4,9-10,12,14H,1-2,5-7H2. The van der Waals surface area contributed by atoms with Crippen LogP contribution in [0.15, 0.2) is 17.2 Å². The molecule has 7 heteroatoms. The molecule has 2 aliphatic rings. The first-order chi connectivity index (χ1) is 8.59. The number of aromatic nitrogens is 1. The Kier molecular flexibility index (Phi) is 2.93. The summed E-state index contributed by atoms with van der Waals surface area (Å²) in [5, 5.41) is 8.96. The van der Waals surface area contributed by atoms with Crippen molar-refractivity contribution in [3.8, 4) is 0 Å². The van der Waals surface area contributed by atoms with Gasteiger partial charge in [-0.05, 0) is 18.9 Å². The van der Waals surface area contributed by atoms with E-state index in [1.165, 1.54) is 16.6 Å². The first-order valence-corrected chi connectivity index (χ1v) is 7.47. The second-order valence-electron chi connectivity index (χ2n) is 4.80. The predicted molar refractivity (Wildman–Crippen MR) is 63.4 cm³/mol. The Bertz CT molecular complexity index is 527. The van der Waals surface area contributed by atoms with E-state index in [9.17, 15) is 8.42 Å². The van der Waals surface area contributed by atoms with Crippen LogP contribution in [0.1, 0.15) is 18.5 Å². The van der Waals surface area contributed by atoms with Gasteiger partial charge in [0.1, 0.15) is 0 Å². The van der Waals surface area contributed by atoms with Gasteiger partial charge in [0.15, 0.2) is 0 Å². The van der Waals surface area contributed by atoms with Gasteiger partial charge in [-0.3, -0.25) is 0 Å². The van der Waals surface area contributed by atoms with Crippen LogP contribution in [0.3, 0.4) is 0 Å². The molecule has 2 N–H and O–H groups in total. The lowest BCUT2D eigenvalue weighted by Gasteiger charge is -2.30. The minimum absolute atomic E-state index is 0.0368. The van der Waals surface area contributed by atoms with E-state index >= 15 is 0 Å². The van der Waals surface area contributed by atoms with Crippen molar-refractivity contribution >= 4 is 10.0 Å². The minimum Gasteiger partial charge on any atom is -0.390 e. The molecule has 100 valence electrons. The van der Waals surface area contributed by atoms with Crippen LogP contribution in [0, 0.1) is 0 Å². The van der Waals surface area contributed by atoms with Crippen molar-refractivity contribution in [2.75, 3.05) is 13.1 Å². The number of aliphatic hydroxyl groups is 1. The highest BCUT2D eigenvalue weighted by Crippen LogP contribution is 2.29. The fourth-order valence-electron chi connectivity index (χ4n) is 2.58. The van der Waals surface area contributed by atoms with Crippen LogP contribution in [0.5, 0.6) is 0 Å². The molecule has 3 rings (SSSR count). The van der Waals surface area contributed by atoms with Gasteiger partial charge in [-0.1, -0.05) is 0 Å². The SMILES string of the molecule is O=S(=O)(c1c[nH]c(CO)c1)N1CC2CCC(C1)O2. The highest BCUT2D eigenvalue weighted by Gasteiger charge is 2.39. The Morgan fingerprint density at radius 1 is 1.39 bits per heavy atom. The van der Waals surface area contributed by atoms with Crippen LogP contribution >= 0.6 is 0 Å². The van der Waals surface area contributed by atoms with Gasteiger partial charge < -0.3 is 14.8 Å². The number of H-pyrrole nitrogens is 1. The summed E-state index contributed by atoms with van der Waals surface area (Å²) in [5.41, 5.74) is 0.504. The smallest absolute Gasteiger partial charge is 0.244 e. The summed E-state index contributed by atoms with van der Waals surface area (Å²) in [6.07, 6.45) is 3.37. The molecule has 18 heavy (non-hydrogen) atoms. The number of hydrogen-bond donors (Lipinski definition) is 2. The maximum Gasteiger partial charge on any atom is 0.244 e. The first-order valence-electron chi connectivity index (χ1n) is 6.03. The molecule has 2 unspecified atom stereocenters. The van der Waals surface area contributed by atoms with Gasteiger partial charge in [0.2, 0.25) is 10.0 Å². The van der Waals surface area contributed by atoms with Crippen LogP contribution in [0.2, 0.25) is 0 Å². The number of aromatic amines is 1. The molecule has 3 heterocycles. The minimum atomic E-state index is -3.47. The lowest BCUT2D eigenvalue weighted by molar-refractivity contribution is -0.0114. The van der Waals surface area contributed by atoms with Crippen molar-refractivity contribution in [1.29, 1.82) is 0 Å². The monoisotopic (exact) mass is 272 g/mol. The topological polar surface area (TPSA) is 82.6 Å². The van der Waals surface area contributed by atoms with Gasteiger partial charge in [0.25, 0.3) is 0 Å². The van der Waals surface area contributed by atoms with E-state index in [0.717, 1.165) is 12.8 Å². The first kappa shape index (κ1) is 12.2. The highest BCUT2D eigenvalue weighted by molar-refractivity contribution is 7.89. The van der Waals surface area contributed by atoms with Crippen molar-refractivity contribution in [2.24, 2.45) is 0 Å². The van der Waals surface area contributed by atoms with Gasteiger partial charge >= 0.3 is 0 Å². The Morgan fingerprint density at radius 3 is 2.61 bits per heavy atom. The molecular weight excluding hydrogens is 256 g/mol. The molecule has 0 radical (unpaired) electrons. The quantitative estimate of drug-likeness (QED) is 0.815. The molecule has 1 aromatic rings. The maximum atomic E-state index is 12.4. The fourth-order valence-corrected chi connectivity index (χ4v) is 4.10. The van der Waals surface area contributed by atoms with E-state index < -0.39 is 10.0 Å². The van der Waals surface area contributed by atoms with E-state index in [2.05, 4.69) is 4.98 Å². The van der Waals surface area contributed by atoms with Crippen molar-refractivity contribution in [3.05, 3.63) is 18.0 Å². The molecule has 0 aromatic carbocycles. The largest absolute Gasteiger partial charge is 0.390 e. The summed E-state index contributed by atoms with van der Waals surface area (Å²) in [6, 6.07) is 1.48. The number of nitrogens with one attached hydrogen (secondary N) is 1. The summed E-state index contributed by atoms with van der Waals surface area (Å²) in [7, 11) is -3.47. The van der Waals surface area contributed by atoms with Gasteiger partial charge in [-0.2, -0.15) is 4.31 Å². The predicted octanol–water partition coefficient (Wildman–Crippen LogP) is 0.0589. The Balaban J connectivity index is 1.86. The molecule has 0 saturated carbocycles. The number of fused-ring (bicyclic) bond motifs is 2. The average Bonchev–Trinajstić information content (AvgIpc) is 2.96. The van der Waals surface area contributed by atoms with Crippen LogP contribution in [-0.2, 0) is 21.4 Å². The molecule has 2 saturated heterocycles. The third kappa shape index (κ3) is 1.97. The summed E-state index contributed by atoms with van der Waals surface area (Å²) in [5.74, 6) is 0. The summed E-state index contributed by atoms with van der Waals surface area (Å²) < 4.78 is 31.9. The van der Waals surface area contributed by atoms with Crippen molar-refractivity contribution in [3.63, 3.8) is 0 Å². The maximum absolute atomic E-state index is 12.4.